The van der Waals surface area contributed by atoms with Gasteiger partial charge in [-0.2, -0.15) is 4.31 Å². The van der Waals surface area contributed by atoms with Crippen molar-refractivity contribution in [3.05, 3.63) is 77.4 Å². The molecule has 38 heavy (non-hydrogen) atoms. The van der Waals surface area contributed by atoms with Gasteiger partial charge < -0.3 is 14.6 Å². The number of Topliss-reactive ketones (excluding diaryl/α,β-unsaturated/α-hetero) is 1. The fourth-order valence-electron chi connectivity index (χ4n) is 5.74. The third-order valence-electron chi connectivity index (χ3n) is 8.18. The van der Waals surface area contributed by atoms with Gasteiger partial charge in [0.05, 0.1) is 16.9 Å². The Morgan fingerprint density at radius 1 is 1.05 bits per heavy atom. The molecule has 0 unspecified atom stereocenters. The minimum atomic E-state index is -3.66. The molecule has 2 heterocycles. The maximum absolute atomic E-state index is 13.5. The zero-order valence-corrected chi connectivity index (χ0v) is 22.2. The van der Waals surface area contributed by atoms with Crippen LogP contribution in [0.25, 0.3) is 11.1 Å². The second-order valence-corrected chi connectivity index (χ2v) is 12.4. The molecule has 3 aromatic rings. The lowest BCUT2D eigenvalue weighted by molar-refractivity contribution is -0.120. The van der Waals surface area contributed by atoms with Crippen molar-refractivity contribution in [3.63, 3.8) is 0 Å². The molecule has 1 saturated carbocycles. The number of ether oxygens (including phenoxy) is 2. The number of fused-ring (bicyclic) bond motifs is 1. The molecule has 1 saturated heterocycles. The number of aliphatic hydroxyl groups excluding tert-OH is 1. The third kappa shape index (κ3) is 4.30. The monoisotopic (exact) mass is 535 g/mol. The Balaban J connectivity index is 0.00000308. The van der Waals surface area contributed by atoms with Crippen molar-refractivity contribution in [1.29, 1.82) is 0 Å². The topological polar surface area (TPSA) is 93.1 Å². The van der Waals surface area contributed by atoms with Crippen LogP contribution in [0.5, 0.6) is 11.5 Å². The lowest BCUT2D eigenvalue weighted by Crippen LogP contribution is -2.37. The molecule has 0 spiro atoms. The number of aryl methyl sites for hydroxylation is 1. The zero-order valence-electron chi connectivity index (χ0n) is 21.4. The average Bonchev–Trinajstić information content (AvgIpc) is 3.36. The smallest absolute Gasteiger partial charge is 0.243 e. The van der Waals surface area contributed by atoms with Gasteiger partial charge in [0.2, 0.25) is 16.8 Å². The molecule has 200 valence electrons. The Bertz CT molecular complexity index is 1500. The molecule has 8 heteroatoms. The first-order chi connectivity index (χ1) is 18.3. The Morgan fingerprint density at radius 3 is 2.55 bits per heavy atom. The summed E-state index contributed by atoms with van der Waals surface area (Å²) in [5.74, 6) is 1.60. The lowest BCUT2D eigenvalue weighted by Gasteiger charge is -2.22. The Morgan fingerprint density at radius 2 is 1.82 bits per heavy atom. The van der Waals surface area contributed by atoms with Crippen LogP contribution in [-0.4, -0.2) is 49.6 Å². The Hall–Kier alpha value is -3.20. The van der Waals surface area contributed by atoms with E-state index in [2.05, 4.69) is 0 Å². The predicted octanol–water partition coefficient (Wildman–Crippen LogP) is 4.63. The van der Waals surface area contributed by atoms with E-state index in [0.29, 0.717) is 30.9 Å². The maximum Gasteiger partial charge on any atom is 0.243 e. The van der Waals surface area contributed by atoms with Crippen LogP contribution in [0.3, 0.4) is 0 Å². The van der Waals surface area contributed by atoms with E-state index in [4.69, 9.17) is 9.47 Å². The summed E-state index contributed by atoms with van der Waals surface area (Å²) in [7, 11) is -3.66. The molecule has 6 rings (SSSR count). The average molecular weight is 536 g/mol. The molecule has 3 aromatic carbocycles. The highest BCUT2D eigenvalue weighted by atomic mass is 32.2. The summed E-state index contributed by atoms with van der Waals surface area (Å²) in [6.45, 7) is 2.48. The number of benzene rings is 3. The van der Waals surface area contributed by atoms with Gasteiger partial charge in [0.1, 0.15) is 5.78 Å². The van der Waals surface area contributed by atoms with Gasteiger partial charge in [0, 0.05) is 20.4 Å². The van der Waals surface area contributed by atoms with E-state index in [0.717, 1.165) is 47.1 Å². The quantitative estimate of drug-likeness (QED) is 0.452. The molecule has 0 aromatic heterocycles. The van der Waals surface area contributed by atoms with Gasteiger partial charge in [0.25, 0.3) is 0 Å². The molecule has 0 radical (unpaired) electrons. The van der Waals surface area contributed by atoms with Crippen LogP contribution in [0.15, 0.2) is 65.6 Å². The Labute approximate surface area is 224 Å². The van der Waals surface area contributed by atoms with Crippen molar-refractivity contribution in [2.45, 2.75) is 55.4 Å². The number of nitrogens with zero attached hydrogens (tertiary/aromatic N) is 1. The highest BCUT2D eigenvalue weighted by Gasteiger charge is 2.50. The lowest BCUT2D eigenvalue weighted by atomic mass is 9.87. The van der Waals surface area contributed by atoms with E-state index >= 15 is 0 Å². The largest absolute Gasteiger partial charge is 0.454 e. The standard InChI is InChI=1S/C30H31NO6S.H2/c1-20-4-5-21(16-29(33)30(12-13-30)23-8-11-27-28(17-23)37-19-36-27)15-26(20)22-6-9-25(10-7-22)38(34,35)31-14-2-3-24(31)18-32;/h4-11,15,17,24,32H,2-3,12-14,16,18-19H2,1H3;1H/t24-;/m1./s1. The molecular formula is C30H33NO6S. The molecule has 1 atom stereocenters. The molecular weight excluding hydrogens is 502 g/mol. The zero-order chi connectivity index (χ0) is 26.5. The van der Waals surface area contributed by atoms with E-state index in [1.165, 1.54) is 4.31 Å². The number of hydrogen-bond acceptors (Lipinski definition) is 6. The van der Waals surface area contributed by atoms with Gasteiger partial charge in [-0.1, -0.05) is 36.4 Å². The summed E-state index contributed by atoms with van der Waals surface area (Å²) in [5, 5.41) is 9.57. The SMILES string of the molecule is Cc1ccc(CC(=O)C2(c3ccc4c(c3)OCO4)CC2)cc1-c1ccc(S(=O)(=O)N2CCC[C@@H]2CO)cc1.[HH]. The Kier molecular flexibility index (Phi) is 6.29. The van der Waals surface area contributed by atoms with Gasteiger partial charge in [-0.05, 0) is 84.7 Å². The summed E-state index contributed by atoms with van der Waals surface area (Å²) in [5.41, 5.74) is 4.37. The van der Waals surface area contributed by atoms with Crippen molar-refractivity contribution < 1.29 is 29.2 Å². The number of rotatable bonds is 8. The molecule has 0 amide bonds. The van der Waals surface area contributed by atoms with E-state index in [1.807, 2.05) is 55.5 Å². The summed E-state index contributed by atoms with van der Waals surface area (Å²) in [6, 6.07) is 18.4. The first-order valence-corrected chi connectivity index (χ1v) is 14.5. The number of hydrogen-bond donors (Lipinski definition) is 1. The third-order valence-corrected chi connectivity index (χ3v) is 10.1. The highest BCUT2D eigenvalue weighted by molar-refractivity contribution is 7.89. The van der Waals surface area contributed by atoms with Crippen LogP contribution in [0.4, 0.5) is 0 Å². The number of aliphatic hydroxyl groups is 1. The highest BCUT2D eigenvalue weighted by Crippen LogP contribution is 2.51. The van der Waals surface area contributed by atoms with Crippen molar-refractivity contribution in [2.75, 3.05) is 19.9 Å². The molecule has 2 aliphatic heterocycles. The van der Waals surface area contributed by atoms with Crippen molar-refractivity contribution in [1.82, 2.24) is 4.31 Å². The summed E-state index contributed by atoms with van der Waals surface area (Å²) < 4.78 is 38.6. The molecule has 2 fully saturated rings. The second-order valence-electron chi connectivity index (χ2n) is 10.5. The van der Waals surface area contributed by atoms with Gasteiger partial charge in [-0.15, -0.1) is 0 Å². The number of carbonyl (C=O) groups excluding carboxylic acids is 1. The second kappa shape index (κ2) is 9.52. The fourth-order valence-corrected chi connectivity index (χ4v) is 7.43. The first kappa shape index (κ1) is 25.1. The van der Waals surface area contributed by atoms with Gasteiger partial charge >= 0.3 is 0 Å². The minimum absolute atomic E-state index is 0. The summed E-state index contributed by atoms with van der Waals surface area (Å²) >= 11 is 0. The van der Waals surface area contributed by atoms with Crippen LogP contribution >= 0.6 is 0 Å². The molecule has 3 aliphatic rings. The molecule has 1 aliphatic carbocycles. The number of carbonyl (C=O) groups is 1. The van der Waals surface area contributed by atoms with Crippen LogP contribution in [0, 0.1) is 6.92 Å². The first-order valence-electron chi connectivity index (χ1n) is 13.1. The van der Waals surface area contributed by atoms with Crippen molar-refractivity contribution in [2.24, 2.45) is 0 Å². The van der Waals surface area contributed by atoms with Crippen LogP contribution in [0.1, 0.15) is 43.8 Å². The molecule has 1 N–H and O–H groups in total. The van der Waals surface area contributed by atoms with Crippen LogP contribution in [-0.2, 0) is 26.7 Å². The van der Waals surface area contributed by atoms with E-state index < -0.39 is 15.4 Å². The van der Waals surface area contributed by atoms with E-state index in [1.54, 1.807) is 12.1 Å². The summed E-state index contributed by atoms with van der Waals surface area (Å²) in [4.78, 5) is 13.7. The van der Waals surface area contributed by atoms with Gasteiger partial charge in [-0.3, -0.25) is 4.79 Å². The van der Waals surface area contributed by atoms with Crippen LogP contribution in [0.2, 0.25) is 0 Å². The van der Waals surface area contributed by atoms with Gasteiger partial charge in [-0.25, -0.2) is 8.42 Å². The number of ketones is 1. The summed E-state index contributed by atoms with van der Waals surface area (Å²) in [6.07, 6.45) is 3.41. The number of sulfonamides is 1. The molecule has 7 nitrogen and oxygen atoms in total. The van der Waals surface area contributed by atoms with Crippen molar-refractivity contribution in [3.8, 4) is 22.6 Å². The van der Waals surface area contributed by atoms with Crippen molar-refractivity contribution >= 4 is 15.8 Å². The maximum atomic E-state index is 13.5. The van der Waals surface area contributed by atoms with E-state index in [-0.39, 0.29) is 31.5 Å². The normalized spacial score (nSPS) is 20.0. The van der Waals surface area contributed by atoms with E-state index in [9.17, 15) is 18.3 Å². The van der Waals surface area contributed by atoms with Gasteiger partial charge in [0.15, 0.2) is 11.5 Å². The predicted molar refractivity (Wildman–Crippen MR) is 145 cm³/mol. The van der Waals surface area contributed by atoms with Crippen LogP contribution < -0.4 is 9.47 Å². The fraction of sp³-hybridized carbons (Fsp3) is 0.367. The molecule has 0 bridgehead atoms. The minimum Gasteiger partial charge on any atom is -0.454 e.